The highest BCUT2D eigenvalue weighted by molar-refractivity contribution is 5.98. The summed E-state index contributed by atoms with van der Waals surface area (Å²) in [7, 11) is 2.87. The van der Waals surface area contributed by atoms with E-state index in [9.17, 15) is 14.4 Å². The van der Waals surface area contributed by atoms with Crippen LogP contribution in [-0.4, -0.2) is 63.5 Å². The zero-order chi connectivity index (χ0) is 33.9. The fourth-order valence-electron chi connectivity index (χ4n) is 6.62. The molecule has 256 valence electrons. The Morgan fingerprint density at radius 1 is 0.917 bits per heavy atom. The Bertz CT molecular complexity index is 1530. The summed E-state index contributed by atoms with van der Waals surface area (Å²) >= 11 is 0. The predicted octanol–water partition coefficient (Wildman–Crippen LogP) is 6.00. The van der Waals surface area contributed by atoms with E-state index < -0.39 is 24.3 Å². The number of hydrogen-bond donors (Lipinski definition) is 2. The second-order valence-electron chi connectivity index (χ2n) is 12.7. The fraction of sp³-hybridized carbons (Fsp3) is 0.447. The number of carbonyl (C=O) groups excluding carboxylic acids is 3. The molecule has 2 amide bonds. The van der Waals surface area contributed by atoms with E-state index in [1.54, 1.807) is 53.4 Å². The molecule has 0 radical (unpaired) electrons. The second kappa shape index (κ2) is 17.1. The van der Waals surface area contributed by atoms with Gasteiger partial charge in [0, 0.05) is 24.2 Å². The molecule has 3 aromatic rings. The van der Waals surface area contributed by atoms with Crippen molar-refractivity contribution in [2.24, 2.45) is 5.92 Å². The standard InChI is InChI=1S/C38H46FN3O6/c1-46-32-13-8-12-30(21-32)36(43)41-33(20-17-26-9-4-3-5-10-26)37(44)40-31(23-42-34-14-7-6-11-29(34)22-35(42)39)25-48-24-27-15-18-28(19-16-27)38(45)47-2/h6-8,11-16,18-19,21,26,31,33,35H,3-5,9-10,17,20,22-25H2,1-2H3,(H,40,44)(H,41,43)/t31-,33+,35-/m1/s1. The SMILES string of the molecule is COC(=O)c1ccc(COC[C@@H](CN2c3ccccc3C[C@@H]2F)NC(=O)[C@H](CCC2CCCCC2)NC(=O)c2cccc(OC)c2)cc1. The van der Waals surface area contributed by atoms with E-state index in [0.717, 1.165) is 36.1 Å². The van der Waals surface area contributed by atoms with Gasteiger partial charge in [0.1, 0.15) is 11.8 Å². The first-order valence-corrected chi connectivity index (χ1v) is 16.8. The Morgan fingerprint density at radius 3 is 2.44 bits per heavy atom. The molecule has 0 saturated heterocycles. The number of alkyl halides is 1. The molecule has 3 aromatic carbocycles. The van der Waals surface area contributed by atoms with Gasteiger partial charge >= 0.3 is 5.97 Å². The van der Waals surface area contributed by atoms with Gasteiger partial charge < -0.3 is 29.7 Å². The van der Waals surface area contributed by atoms with Crippen LogP contribution in [0, 0.1) is 5.92 Å². The summed E-state index contributed by atoms with van der Waals surface area (Å²) < 4.78 is 31.5. The van der Waals surface area contributed by atoms with Crippen LogP contribution in [0.3, 0.4) is 0 Å². The number of hydrogen-bond acceptors (Lipinski definition) is 7. The Kier molecular flexibility index (Phi) is 12.4. The summed E-state index contributed by atoms with van der Waals surface area (Å²) in [6, 6.07) is 19.9. The molecule has 0 bridgehead atoms. The van der Waals surface area contributed by atoms with Gasteiger partial charge in [-0.15, -0.1) is 0 Å². The maximum absolute atomic E-state index is 15.4. The van der Waals surface area contributed by atoms with E-state index in [0.29, 0.717) is 29.2 Å². The highest BCUT2D eigenvalue weighted by Gasteiger charge is 2.32. The molecular formula is C38H46FN3O6. The molecule has 1 heterocycles. The van der Waals surface area contributed by atoms with E-state index in [4.69, 9.17) is 14.2 Å². The number of nitrogens with one attached hydrogen (secondary N) is 2. The number of fused-ring (bicyclic) bond motifs is 1. The molecule has 9 nitrogen and oxygen atoms in total. The van der Waals surface area contributed by atoms with Crippen LogP contribution >= 0.6 is 0 Å². The zero-order valence-corrected chi connectivity index (χ0v) is 27.8. The van der Waals surface area contributed by atoms with Crippen molar-refractivity contribution in [1.82, 2.24) is 10.6 Å². The Morgan fingerprint density at radius 2 is 1.69 bits per heavy atom. The summed E-state index contributed by atoms with van der Waals surface area (Å²) in [5.74, 6) is -0.0526. The molecule has 48 heavy (non-hydrogen) atoms. The van der Waals surface area contributed by atoms with E-state index in [1.165, 1.54) is 33.5 Å². The number of anilines is 1. The molecule has 2 N–H and O–H groups in total. The third-order valence-corrected chi connectivity index (χ3v) is 9.30. The first-order valence-electron chi connectivity index (χ1n) is 16.8. The molecule has 0 spiro atoms. The van der Waals surface area contributed by atoms with Crippen LogP contribution in [0.4, 0.5) is 10.1 Å². The monoisotopic (exact) mass is 659 g/mol. The Labute approximate surface area is 282 Å². The number of amides is 2. The summed E-state index contributed by atoms with van der Waals surface area (Å²) in [6.07, 6.45) is 6.21. The number of esters is 1. The van der Waals surface area contributed by atoms with Crippen LogP contribution in [0.5, 0.6) is 5.75 Å². The smallest absolute Gasteiger partial charge is 0.337 e. The van der Waals surface area contributed by atoms with Gasteiger partial charge in [-0.05, 0) is 66.3 Å². The first-order chi connectivity index (χ1) is 23.3. The van der Waals surface area contributed by atoms with Gasteiger partial charge in [0.15, 0.2) is 6.30 Å². The van der Waals surface area contributed by atoms with Crippen molar-refractivity contribution >= 4 is 23.5 Å². The minimum Gasteiger partial charge on any atom is -0.497 e. The minimum absolute atomic E-state index is 0.106. The van der Waals surface area contributed by atoms with Crippen molar-refractivity contribution < 1.29 is 33.0 Å². The Hall–Kier alpha value is -4.44. The van der Waals surface area contributed by atoms with E-state index in [1.807, 2.05) is 24.3 Å². The normalized spacial score (nSPS) is 17.2. The van der Waals surface area contributed by atoms with Crippen molar-refractivity contribution in [1.29, 1.82) is 0 Å². The molecule has 3 atom stereocenters. The molecular weight excluding hydrogens is 613 g/mol. The quantitative estimate of drug-likeness (QED) is 0.152. The largest absolute Gasteiger partial charge is 0.497 e. The van der Waals surface area contributed by atoms with Gasteiger partial charge in [-0.3, -0.25) is 9.59 Å². The molecule has 1 aliphatic heterocycles. The highest BCUT2D eigenvalue weighted by atomic mass is 19.1. The van der Waals surface area contributed by atoms with Gasteiger partial charge in [0.05, 0.1) is 39.0 Å². The third-order valence-electron chi connectivity index (χ3n) is 9.30. The average Bonchev–Trinajstić information content (AvgIpc) is 3.44. The number of benzene rings is 3. The van der Waals surface area contributed by atoms with Crippen LogP contribution in [0.1, 0.15) is 76.8 Å². The average molecular weight is 660 g/mol. The molecule has 1 aliphatic carbocycles. The molecule has 1 saturated carbocycles. The lowest BCUT2D eigenvalue weighted by Crippen LogP contribution is -2.54. The lowest BCUT2D eigenvalue weighted by atomic mass is 9.85. The van der Waals surface area contributed by atoms with Crippen LogP contribution in [0.25, 0.3) is 0 Å². The summed E-state index contributed by atoms with van der Waals surface area (Å²) in [5, 5.41) is 6.08. The van der Waals surface area contributed by atoms with E-state index in [-0.39, 0.29) is 38.0 Å². The lowest BCUT2D eigenvalue weighted by Gasteiger charge is -2.30. The number of methoxy groups -OCH3 is 2. The second-order valence-corrected chi connectivity index (χ2v) is 12.7. The van der Waals surface area contributed by atoms with Crippen molar-refractivity contribution in [2.75, 3.05) is 32.3 Å². The molecule has 10 heteroatoms. The van der Waals surface area contributed by atoms with Crippen LogP contribution < -0.4 is 20.3 Å². The number of nitrogens with zero attached hydrogens (tertiary/aromatic N) is 1. The van der Waals surface area contributed by atoms with Gasteiger partial charge in [0.25, 0.3) is 5.91 Å². The third kappa shape index (κ3) is 9.34. The molecule has 5 rings (SSSR count). The topological polar surface area (TPSA) is 106 Å². The van der Waals surface area contributed by atoms with Gasteiger partial charge in [-0.25, -0.2) is 9.18 Å². The predicted molar refractivity (Wildman–Crippen MR) is 182 cm³/mol. The van der Waals surface area contributed by atoms with Crippen LogP contribution in [0.2, 0.25) is 0 Å². The fourth-order valence-corrected chi connectivity index (χ4v) is 6.62. The number of ether oxygens (including phenoxy) is 3. The van der Waals surface area contributed by atoms with Crippen LogP contribution in [0.15, 0.2) is 72.8 Å². The number of rotatable bonds is 15. The lowest BCUT2D eigenvalue weighted by molar-refractivity contribution is -0.124. The van der Waals surface area contributed by atoms with Crippen LogP contribution in [-0.2, 0) is 27.3 Å². The van der Waals surface area contributed by atoms with E-state index >= 15 is 4.39 Å². The van der Waals surface area contributed by atoms with Crippen molar-refractivity contribution in [3.05, 3.63) is 95.1 Å². The van der Waals surface area contributed by atoms with Crippen molar-refractivity contribution in [3.63, 3.8) is 0 Å². The maximum Gasteiger partial charge on any atom is 0.337 e. The minimum atomic E-state index is -1.23. The van der Waals surface area contributed by atoms with Gasteiger partial charge in [-0.2, -0.15) is 0 Å². The highest BCUT2D eigenvalue weighted by Crippen LogP contribution is 2.33. The number of carbonyl (C=O) groups is 3. The van der Waals surface area contributed by atoms with Gasteiger partial charge in [0.2, 0.25) is 5.91 Å². The molecule has 2 aliphatic rings. The van der Waals surface area contributed by atoms with E-state index in [2.05, 4.69) is 10.6 Å². The molecule has 0 unspecified atom stereocenters. The number of halogens is 1. The maximum atomic E-state index is 15.4. The summed E-state index contributed by atoms with van der Waals surface area (Å²) in [6.45, 7) is 0.514. The Balaban J connectivity index is 1.31. The summed E-state index contributed by atoms with van der Waals surface area (Å²) in [4.78, 5) is 40.9. The van der Waals surface area contributed by atoms with Crippen molar-refractivity contribution in [3.8, 4) is 5.75 Å². The molecule has 1 fully saturated rings. The molecule has 0 aromatic heterocycles. The first kappa shape index (κ1) is 34.9. The van der Waals surface area contributed by atoms with Crippen molar-refractivity contribution in [2.45, 2.75) is 76.4 Å². The number of para-hydroxylation sites is 1. The summed E-state index contributed by atoms with van der Waals surface area (Å²) in [5.41, 5.74) is 3.37. The van der Waals surface area contributed by atoms with Gasteiger partial charge in [-0.1, -0.05) is 68.5 Å². The zero-order valence-electron chi connectivity index (χ0n) is 27.8.